The molecule has 0 N–H and O–H groups in total. The van der Waals surface area contributed by atoms with E-state index in [0.717, 1.165) is 0 Å². The third-order valence-electron chi connectivity index (χ3n) is 0. The van der Waals surface area contributed by atoms with Crippen molar-refractivity contribution in [2.45, 2.75) is 0 Å². The summed E-state index contributed by atoms with van der Waals surface area (Å²) in [6, 6.07) is 0. The molecule has 49 valence electrons. The summed E-state index contributed by atoms with van der Waals surface area (Å²) in [5.41, 5.74) is 0. The molecule has 0 atom stereocenters. The van der Waals surface area contributed by atoms with Crippen LogP contribution < -0.4 is 0 Å². The summed E-state index contributed by atoms with van der Waals surface area (Å²) in [6.45, 7) is 0. The van der Waals surface area contributed by atoms with E-state index in [1.807, 2.05) is 0 Å². The molecule has 0 rings (SSSR count). The molecule has 3 radical (unpaired) electrons. The van der Waals surface area contributed by atoms with Crippen molar-refractivity contribution in [1.82, 2.24) is 0 Å². The van der Waals surface area contributed by atoms with E-state index in [0.29, 0.717) is 0 Å². The van der Waals surface area contributed by atoms with Crippen molar-refractivity contribution in [3.05, 3.63) is 0 Å². The quantitative estimate of drug-likeness (QED) is 0.281. The second kappa shape index (κ2) is 44.8. The van der Waals surface area contributed by atoms with Crippen LogP contribution in [0.25, 0.3) is 0 Å². The third kappa shape index (κ3) is 36.1. The van der Waals surface area contributed by atoms with Crippen molar-refractivity contribution in [2.75, 3.05) is 0 Å². The minimum absolute atomic E-state index is 0. The minimum Gasteiger partial charge on any atom is 0 e. The maximum atomic E-state index is 2.06. The monoisotopic (exact) mass is 754 g/mol. The van der Waals surface area contributed by atoms with Crippen LogP contribution in [0.4, 0.5) is 0 Å². The van der Waals surface area contributed by atoms with E-state index in [-0.39, 0.29) is 127 Å². The van der Waals surface area contributed by atoms with Crippen LogP contribution >= 0.6 is 0 Å². The predicted molar refractivity (Wildman–Crippen MR) is 8.54 cm³/mol. The topological polar surface area (TPSA) is 0 Å². The molecule has 0 aliphatic heterocycles. The van der Waals surface area contributed by atoms with Crippen molar-refractivity contribution < 1.29 is 146 Å². The molecule has 0 aliphatic carbocycles. The van der Waals surface area contributed by atoms with E-state index in [1.165, 1.54) is 0 Å². The standard InChI is InChI=1S/BH2.Co.Cr.Pt.Re.Tb.Y/h1H2;;;;;;/q+1;;;;-1;;. The second-order valence-electron chi connectivity index (χ2n) is 0. The summed E-state index contributed by atoms with van der Waals surface area (Å²) in [5.74, 6) is 0. The molecular weight excluding hydrogens is 751 g/mol. The Kier molecular flexibility index (Phi) is 261. The fourth-order valence-corrected chi connectivity index (χ4v) is 0. The van der Waals surface area contributed by atoms with Crippen LogP contribution in [-0.2, 0) is 107 Å². The van der Waals surface area contributed by atoms with Crippen molar-refractivity contribution in [3.63, 3.8) is 0 Å². The maximum absolute atomic E-state index is 2.06. The van der Waals surface area contributed by atoms with E-state index in [4.69, 9.17) is 0 Å². The van der Waals surface area contributed by atoms with Gasteiger partial charge in [-0.05, 0) is 0 Å². The molecule has 0 nitrogen and oxygen atoms in total. The smallest absolute Gasteiger partial charge is 0 e. The van der Waals surface area contributed by atoms with Crippen LogP contribution in [0.3, 0.4) is 0 Å². The molecule has 0 saturated carbocycles. The van der Waals surface area contributed by atoms with Gasteiger partial charge >= 0.3 is 25.2 Å². The molecule has 7 heteroatoms. The zero-order valence-electron chi connectivity index (χ0n) is 3.35. The van der Waals surface area contributed by atoms with Crippen molar-refractivity contribution >= 4 is 6.20 Å². The Morgan fingerprint density at radius 2 is 1.14 bits per heavy atom. The van der Waals surface area contributed by atoms with Gasteiger partial charge in [0, 0.05) is 127 Å². The summed E-state index contributed by atoms with van der Waals surface area (Å²) < 4.78 is 0. The normalized spacial score (nSPS) is 0.714. The molecule has 0 fully saturated rings. The number of hydrogen-bond donors (Lipinski definition) is 0. The van der Waals surface area contributed by atoms with Crippen molar-refractivity contribution in [2.24, 2.45) is 0 Å². The van der Waals surface area contributed by atoms with Crippen LogP contribution in [0.1, 0.15) is 0 Å². The number of rotatable bonds is 0. The summed E-state index contributed by atoms with van der Waals surface area (Å²) in [4.78, 5) is 0. The Hall–Kier alpha value is 4.84. The van der Waals surface area contributed by atoms with Crippen LogP contribution in [0.2, 0.25) is 0 Å². The van der Waals surface area contributed by atoms with E-state index in [1.54, 1.807) is 19.0 Å². The molecule has 0 heterocycles. The first-order valence-corrected chi connectivity index (χ1v) is 3.09. The van der Waals surface area contributed by atoms with Gasteiger partial charge in [0.2, 0.25) is 0 Å². The molecule has 0 unspecified atom stereocenters. The maximum Gasteiger partial charge on any atom is 0 e. The van der Waals surface area contributed by atoms with Gasteiger partial charge in [-0.2, -0.15) is 0 Å². The Balaban J connectivity index is -0.000000000500. The molecule has 7 heavy (non-hydrogen) atoms. The summed E-state index contributed by atoms with van der Waals surface area (Å²) in [6.07, 6.45) is 2.06. The summed E-state index contributed by atoms with van der Waals surface area (Å²) in [5, 5.41) is 0. The molecule has 0 aromatic heterocycles. The van der Waals surface area contributed by atoms with Gasteiger partial charge in [0.05, 0.1) is 0 Å². The summed E-state index contributed by atoms with van der Waals surface area (Å²) >= 11 is 1.72. The van der Waals surface area contributed by atoms with Gasteiger partial charge in [0.1, 0.15) is 0 Å². The number of hydrogen-bond acceptors (Lipinski definition) is 0. The van der Waals surface area contributed by atoms with E-state index in [9.17, 15) is 0 Å². The van der Waals surface area contributed by atoms with E-state index >= 15 is 0 Å². The molecule has 0 amide bonds. The SMILES string of the molecule is [BH2][Re].[Co].[Cr].[Pt].[Tb].[Y]. The Morgan fingerprint density at radius 3 is 1.14 bits per heavy atom. The fourth-order valence-electron chi connectivity index (χ4n) is 0. The molecule has 0 aromatic rings. The van der Waals surface area contributed by atoms with Gasteiger partial charge in [-0.15, -0.1) is 0 Å². The van der Waals surface area contributed by atoms with Gasteiger partial charge < -0.3 is 0 Å². The first kappa shape index (κ1) is 40.8. The fraction of sp³-hybridized carbons (Fsp3) is 0. The average molecular weight is 753 g/mol. The van der Waals surface area contributed by atoms with E-state index in [2.05, 4.69) is 6.20 Å². The molecular formula is H2BCoCrPtReTbY. The van der Waals surface area contributed by atoms with Crippen LogP contribution in [0.5, 0.6) is 0 Å². The molecule has 0 saturated heterocycles. The zero-order chi connectivity index (χ0) is 2.00. The van der Waals surface area contributed by atoms with Gasteiger partial charge in [-0.1, -0.05) is 0 Å². The van der Waals surface area contributed by atoms with Gasteiger partial charge in [0.25, 0.3) is 0 Å². The Labute approximate surface area is 148 Å². The van der Waals surface area contributed by atoms with Gasteiger partial charge in [0.15, 0.2) is 0 Å². The van der Waals surface area contributed by atoms with E-state index < -0.39 is 0 Å². The third-order valence-corrected chi connectivity index (χ3v) is 0. The zero-order valence-corrected chi connectivity index (χ0v) is 15.6. The Bertz CT molecular complexity index is 19.7. The molecule has 0 bridgehead atoms. The van der Waals surface area contributed by atoms with Crippen LogP contribution in [0.15, 0.2) is 0 Å². The van der Waals surface area contributed by atoms with Crippen molar-refractivity contribution in [3.8, 4) is 0 Å². The molecule has 0 spiro atoms. The second-order valence-corrected chi connectivity index (χ2v) is 0. The first-order chi connectivity index (χ1) is 1.00. The van der Waals surface area contributed by atoms with Gasteiger partial charge in [-0.25, -0.2) is 0 Å². The predicted octanol–water partition coefficient (Wildman–Crippen LogP) is -0.929. The van der Waals surface area contributed by atoms with Crippen molar-refractivity contribution in [1.29, 1.82) is 0 Å². The molecule has 0 aliphatic rings. The average Bonchev–Trinajstić information content (AvgIpc) is 1.00. The Morgan fingerprint density at radius 1 is 1.14 bits per heavy atom. The minimum atomic E-state index is 0. The first-order valence-electron chi connectivity index (χ1n) is 0.378. The molecule has 0 aromatic carbocycles. The van der Waals surface area contributed by atoms with Crippen LogP contribution in [0, 0.1) is 38.6 Å². The largest absolute Gasteiger partial charge is 0 e. The summed E-state index contributed by atoms with van der Waals surface area (Å²) in [7, 11) is 0. The van der Waals surface area contributed by atoms with Gasteiger partial charge in [-0.3, -0.25) is 0 Å². The van der Waals surface area contributed by atoms with Crippen LogP contribution in [-0.4, -0.2) is 6.20 Å².